The minimum atomic E-state index is -0.382. The molecule has 1 aliphatic heterocycles. The third-order valence-electron chi connectivity index (χ3n) is 2.31. The molecule has 0 bridgehead atoms. The lowest BCUT2D eigenvalue weighted by Crippen LogP contribution is -2.37. The van der Waals surface area contributed by atoms with Gasteiger partial charge >= 0.3 is 6.09 Å². The van der Waals surface area contributed by atoms with Crippen molar-refractivity contribution in [2.45, 2.75) is 49.6 Å². The van der Waals surface area contributed by atoms with E-state index in [1.54, 1.807) is 0 Å². The van der Waals surface area contributed by atoms with E-state index in [0.717, 1.165) is 25.9 Å². The van der Waals surface area contributed by atoms with E-state index in [2.05, 4.69) is 22.6 Å². The zero-order valence-corrected chi connectivity index (χ0v) is 11.9. The Kier molecular flexibility index (Phi) is 4.67. The maximum atomic E-state index is 11.8. The van der Waals surface area contributed by atoms with Crippen LogP contribution >= 0.6 is 22.6 Å². The number of halogens is 1. The van der Waals surface area contributed by atoms with Crippen molar-refractivity contribution in [2.24, 2.45) is 0 Å². The summed E-state index contributed by atoms with van der Waals surface area (Å²) in [6, 6.07) is 0. The van der Waals surface area contributed by atoms with Crippen LogP contribution in [0.4, 0.5) is 4.79 Å². The molecule has 0 aromatic carbocycles. The molecule has 4 heteroatoms. The highest BCUT2D eigenvalue weighted by Crippen LogP contribution is 2.19. The van der Waals surface area contributed by atoms with Crippen LogP contribution in [0.3, 0.4) is 0 Å². The number of nitrogens with zero attached hydrogens (tertiary/aromatic N) is 1. The van der Waals surface area contributed by atoms with Crippen LogP contribution in [0.1, 0.15) is 40.0 Å². The van der Waals surface area contributed by atoms with Crippen molar-refractivity contribution in [1.29, 1.82) is 0 Å². The molecule has 1 amide bonds. The lowest BCUT2D eigenvalue weighted by Gasteiger charge is -2.26. The Morgan fingerprint density at radius 1 is 1.33 bits per heavy atom. The minimum absolute atomic E-state index is 0.159. The molecule has 0 spiro atoms. The lowest BCUT2D eigenvalue weighted by atomic mass is 10.2. The van der Waals surface area contributed by atoms with Crippen molar-refractivity contribution in [3.63, 3.8) is 0 Å². The quantitative estimate of drug-likeness (QED) is 0.506. The third-order valence-corrected chi connectivity index (χ3v) is 3.55. The fourth-order valence-corrected chi connectivity index (χ4v) is 2.28. The second kappa shape index (κ2) is 5.37. The Morgan fingerprint density at radius 3 is 2.60 bits per heavy atom. The van der Waals surface area contributed by atoms with Crippen molar-refractivity contribution in [2.75, 3.05) is 13.1 Å². The van der Waals surface area contributed by atoms with Crippen LogP contribution in [0.5, 0.6) is 0 Å². The molecule has 0 aromatic heterocycles. The smallest absolute Gasteiger partial charge is 0.410 e. The molecule has 1 aliphatic rings. The fourth-order valence-electron chi connectivity index (χ4n) is 1.56. The number of carbonyl (C=O) groups is 1. The number of carbonyl (C=O) groups excluding carboxylic acids is 1. The molecule has 0 unspecified atom stereocenters. The number of hydrogen-bond acceptors (Lipinski definition) is 2. The SMILES string of the molecule is CC(C)(C)OC(=O)N1CCC[C@H](I)CC1. The van der Waals surface area contributed by atoms with Gasteiger partial charge in [-0.25, -0.2) is 4.79 Å². The molecular formula is C11H20INO2. The average molecular weight is 325 g/mol. The maximum absolute atomic E-state index is 11.8. The molecular weight excluding hydrogens is 305 g/mol. The van der Waals surface area contributed by atoms with Crippen molar-refractivity contribution in [3.8, 4) is 0 Å². The number of alkyl halides is 1. The van der Waals surface area contributed by atoms with Crippen LogP contribution in [0.25, 0.3) is 0 Å². The summed E-state index contributed by atoms with van der Waals surface area (Å²) in [5.74, 6) is 0. The second-order valence-electron chi connectivity index (χ2n) is 5.00. The number of hydrogen-bond donors (Lipinski definition) is 0. The molecule has 1 rings (SSSR count). The van der Waals surface area contributed by atoms with Gasteiger partial charge < -0.3 is 9.64 Å². The van der Waals surface area contributed by atoms with E-state index in [1.165, 1.54) is 6.42 Å². The van der Waals surface area contributed by atoms with Crippen molar-refractivity contribution >= 4 is 28.7 Å². The highest BCUT2D eigenvalue weighted by atomic mass is 127. The van der Waals surface area contributed by atoms with Crippen molar-refractivity contribution < 1.29 is 9.53 Å². The highest BCUT2D eigenvalue weighted by Gasteiger charge is 2.24. The van der Waals surface area contributed by atoms with Gasteiger partial charge in [0, 0.05) is 17.0 Å². The van der Waals surface area contributed by atoms with E-state index in [4.69, 9.17) is 4.74 Å². The molecule has 3 nitrogen and oxygen atoms in total. The van der Waals surface area contributed by atoms with Crippen LogP contribution in [-0.4, -0.2) is 33.6 Å². The van der Waals surface area contributed by atoms with E-state index in [1.807, 2.05) is 25.7 Å². The molecule has 1 heterocycles. The Morgan fingerprint density at radius 2 is 2.00 bits per heavy atom. The van der Waals surface area contributed by atoms with Gasteiger partial charge in [0.05, 0.1) is 0 Å². The normalized spacial score (nSPS) is 23.5. The first-order chi connectivity index (χ1) is 6.88. The van der Waals surface area contributed by atoms with Gasteiger partial charge in [0.2, 0.25) is 0 Å². The molecule has 0 aliphatic carbocycles. The zero-order valence-electron chi connectivity index (χ0n) is 9.75. The van der Waals surface area contributed by atoms with E-state index < -0.39 is 0 Å². The van der Waals surface area contributed by atoms with Crippen LogP contribution in [-0.2, 0) is 4.74 Å². The summed E-state index contributed by atoms with van der Waals surface area (Å²) < 4.78 is 6.06. The summed E-state index contributed by atoms with van der Waals surface area (Å²) in [4.78, 5) is 13.6. The Labute approximate surface area is 106 Å². The minimum Gasteiger partial charge on any atom is -0.444 e. The van der Waals surface area contributed by atoms with E-state index >= 15 is 0 Å². The predicted molar refractivity (Wildman–Crippen MR) is 69.5 cm³/mol. The summed E-state index contributed by atoms with van der Waals surface area (Å²) in [6.07, 6.45) is 3.22. The molecule has 0 N–H and O–H groups in total. The number of rotatable bonds is 0. The number of ether oxygens (including phenoxy) is 1. The van der Waals surface area contributed by atoms with Gasteiger partial charge in [0.25, 0.3) is 0 Å². The van der Waals surface area contributed by atoms with E-state index in [9.17, 15) is 4.79 Å². The molecule has 0 saturated carbocycles. The van der Waals surface area contributed by atoms with Gasteiger partial charge in [-0.1, -0.05) is 22.6 Å². The van der Waals surface area contributed by atoms with E-state index in [0.29, 0.717) is 3.92 Å². The molecule has 15 heavy (non-hydrogen) atoms. The largest absolute Gasteiger partial charge is 0.444 e. The first kappa shape index (κ1) is 13.1. The van der Waals surface area contributed by atoms with Gasteiger partial charge in [-0.3, -0.25) is 0 Å². The summed E-state index contributed by atoms with van der Waals surface area (Å²) in [7, 11) is 0. The summed E-state index contributed by atoms with van der Waals surface area (Å²) in [5, 5.41) is 0. The molecule has 88 valence electrons. The third kappa shape index (κ3) is 5.04. The highest BCUT2D eigenvalue weighted by molar-refractivity contribution is 14.1. The summed E-state index contributed by atoms with van der Waals surface area (Å²) >= 11 is 2.46. The monoisotopic (exact) mass is 325 g/mol. The standard InChI is InChI=1S/C11H20INO2/c1-11(2,3)15-10(14)13-7-4-5-9(12)6-8-13/h9H,4-8H2,1-3H3/t9-/m0/s1. The zero-order chi connectivity index (χ0) is 11.5. The van der Waals surface area contributed by atoms with Crippen LogP contribution in [0.2, 0.25) is 0 Å². The van der Waals surface area contributed by atoms with Gasteiger partial charge in [-0.05, 0) is 40.0 Å². The van der Waals surface area contributed by atoms with Crippen molar-refractivity contribution in [1.82, 2.24) is 4.90 Å². The van der Waals surface area contributed by atoms with E-state index in [-0.39, 0.29) is 11.7 Å². The van der Waals surface area contributed by atoms with Gasteiger partial charge in [0.15, 0.2) is 0 Å². The van der Waals surface area contributed by atoms with Crippen LogP contribution < -0.4 is 0 Å². The van der Waals surface area contributed by atoms with Crippen LogP contribution in [0.15, 0.2) is 0 Å². The first-order valence-corrected chi connectivity index (χ1v) is 6.75. The summed E-state index contributed by atoms with van der Waals surface area (Å²) in [5.41, 5.74) is -0.382. The average Bonchev–Trinajstić information content (AvgIpc) is 2.26. The summed E-state index contributed by atoms with van der Waals surface area (Å²) in [6.45, 7) is 7.40. The van der Waals surface area contributed by atoms with Gasteiger partial charge in [0.1, 0.15) is 5.60 Å². The molecule has 1 saturated heterocycles. The molecule has 0 aromatic rings. The lowest BCUT2D eigenvalue weighted by molar-refractivity contribution is 0.0257. The molecule has 1 fully saturated rings. The van der Waals surface area contributed by atoms with Crippen molar-refractivity contribution in [3.05, 3.63) is 0 Å². The number of likely N-dealkylation sites (tertiary alicyclic amines) is 1. The predicted octanol–water partition coefficient (Wildman–Crippen LogP) is 3.21. The Bertz CT molecular complexity index is 225. The van der Waals surface area contributed by atoms with Gasteiger partial charge in [-0.2, -0.15) is 0 Å². The molecule has 1 atom stereocenters. The Balaban J connectivity index is 2.45. The maximum Gasteiger partial charge on any atom is 0.410 e. The molecule has 0 radical (unpaired) electrons. The topological polar surface area (TPSA) is 29.5 Å². The van der Waals surface area contributed by atoms with Crippen LogP contribution in [0, 0.1) is 0 Å². The first-order valence-electron chi connectivity index (χ1n) is 5.50. The second-order valence-corrected chi connectivity index (χ2v) is 6.76. The Hall–Kier alpha value is 0. The van der Waals surface area contributed by atoms with Gasteiger partial charge in [-0.15, -0.1) is 0 Å². The fraction of sp³-hybridized carbons (Fsp3) is 0.909. The number of amides is 1.